The van der Waals surface area contributed by atoms with Crippen LogP contribution in [0.3, 0.4) is 0 Å². The standard InChI is InChI=1S/C12H16BrN3O3/c1-19-12(18)10(13)8-16-11(17)6-9(7-14-16)15-4-2-3-5-15/h6-7,10H,2-5,8H2,1H3. The normalized spacial score (nSPS) is 16.4. The molecule has 19 heavy (non-hydrogen) atoms. The van der Waals surface area contributed by atoms with Gasteiger partial charge in [-0.15, -0.1) is 0 Å². The molecule has 1 unspecified atom stereocenters. The number of carbonyl (C=O) groups excluding carboxylic acids is 1. The van der Waals surface area contributed by atoms with E-state index in [-0.39, 0.29) is 12.1 Å². The summed E-state index contributed by atoms with van der Waals surface area (Å²) < 4.78 is 5.85. The Morgan fingerprint density at radius 3 is 2.79 bits per heavy atom. The van der Waals surface area contributed by atoms with E-state index in [1.165, 1.54) is 11.8 Å². The second-order valence-corrected chi connectivity index (χ2v) is 5.52. The Balaban J connectivity index is 2.11. The number of carbonyl (C=O) groups is 1. The topological polar surface area (TPSA) is 64.4 Å². The van der Waals surface area contributed by atoms with Gasteiger partial charge in [0.25, 0.3) is 5.56 Å². The Morgan fingerprint density at radius 1 is 1.53 bits per heavy atom. The van der Waals surface area contributed by atoms with Crippen LogP contribution in [0, 0.1) is 0 Å². The maximum Gasteiger partial charge on any atom is 0.321 e. The second kappa shape index (κ2) is 6.18. The van der Waals surface area contributed by atoms with Crippen molar-refractivity contribution in [1.29, 1.82) is 0 Å². The van der Waals surface area contributed by atoms with Gasteiger partial charge in [-0.3, -0.25) is 9.59 Å². The molecule has 0 bridgehead atoms. The largest absolute Gasteiger partial charge is 0.468 e. The van der Waals surface area contributed by atoms with Gasteiger partial charge in [-0.1, -0.05) is 15.9 Å². The number of hydrogen-bond acceptors (Lipinski definition) is 5. The first-order valence-corrected chi connectivity index (χ1v) is 7.07. The molecular formula is C12H16BrN3O3. The fourth-order valence-corrected chi connectivity index (χ4v) is 2.52. The van der Waals surface area contributed by atoms with Gasteiger partial charge in [-0.2, -0.15) is 5.10 Å². The Hall–Kier alpha value is -1.37. The number of esters is 1. The molecule has 2 rings (SSSR count). The summed E-state index contributed by atoms with van der Waals surface area (Å²) >= 11 is 3.17. The van der Waals surface area contributed by atoms with E-state index >= 15 is 0 Å². The Morgan fingerprint density at radius 2 is 2.21 bits per heavy atom. The van der Waals surface area contributed by atoms with Crippen LogP contribution in [0.2, 0.25) is 0 Å². The van der Waals surface area contributed by atoms with Crippen molar-refractivity contribution < 1.29 is 9.53 Å². The highest BCUT2D eigenvalue weighted by Crippen LogP contribution is 2.17. The number of hydrogen-bond donors (Lipinski definition) is 0. The zero-order valence-corrected chi connectivity index (χ0v) is 12.3. The molecule has 0 N–H and O–H groups in total. The number of methoxy groups -OCH3 is 1. The lowest BCUT2D eigenvalue weighted by Gasteiger charge is -2.17. The molecule has 104 valence electrons. The highest BCUT2D eigenvalue weighted by Gasteiger charge is 2.18. The summed E-state index contributed by atoms with van der Waals surface area (Å²) in [5, 5.41) is 4.10. The molecule has 0 amide bonds. The lowest BCUT2D eigenvalue weighted by molar-refractivity contribution is -0.140. The molecule has 1 aliphatic heterocycles. The molecule has 6 nitrogen and oxygen atoms in total. The van der Waals surface area contributed by atoms with Gasteiger partial charge in [0.15, 0.2) is 0 Å². The average molecular weight is 330 g/mol. The van der Waals surface area contributed by atoms with Crippen LogP contribution < -0.4 is 10.5 Å². The molecule has 0 saturated carbocycles. The van der Waals surface area contributed by atoms with Crippen LogP contribution in [0.25, 0.3) is 0 Å². The van der Waals surface area contributed by atoms with E-state index in [0.717, 1.165) is 31.6 Å². The number of alkyl halides is 1. The van der Waals surface area contributed by atoms with Gasteiger partial charge in [0.2, 0.25) is 0 Å². The molecule has 7 heteroatoms. The molecule has 2 heterocycles. The van der Waals surface area contributed by atoms with Crippen molar-refractivity contribution in [2.45, 2.75) is 24.2 Å². The van der Waals surface area contributed by atoms with Gasteiger partial charge in [0.05, 0.1) is 25.5 Å². The third-order valence-corrected chi connectivity index (χ3v) is 3.78. The maximum atomic E-state index is 11.9. The average Bonchev–Trinajstić information content (AvgIpc) is 2.94. The summed E-state index contributed by atoms with van der Waals surface area (Å²) in [5.41, 5.74) is 0.640. The predicted octanol–water partition coefficient (Wildman–Crippen LogP) is 0.780. The Kier molecular flexibility index (Phi) is 4.57. The third kappa shape index (κ3) is 3.34. The zero-order chi connectivity index (χ0) is 13.8. The zero-order valence-electron chi connectivity index (χ0n) is 10.7. The van der Waals surface area contributed by atoms with E-state index in [9.17, 15) is 9.59 Å². The number of ether oxygens (including phenoxy) is 1. The minimum absolute atomic E-state index is 0.159. The van der Waals surface area contributed by atoms with Crippen molar-refractivity contribution in [3.05, 3.63) is 22.6 Å². The first kappa shape index (κ1) is 14.0. The number of aromatic nitrogens is 2. The quantitative estimate of drug-likeness (QED) is 0.603. The molecular weight excluding hydrogens is 314 g/mol. The van der Waals surface area contributed by atoms with Crippen molar-refractivity contribution in [2.75, 3.05) is 25.1 Å². The van der Waals surface area contributed by atoms with Gasteiger partial charge in [-0.25, -0.2) is 4.68 Å². The van der Waals surface area contributed by atoms with Crippen LogP contribution in [0.1, 0.15) is 12.8 Å². The van der Waals surface area contributed by atoms with Crippen molar-refractivity contribution in [1.82, 2.24) is 9.78 Å². The Bertz CT molecular complexity index is 511. The Labute approximate surface area is 119 Å². The summed E-state index contributed by atoms with van der Waals surface area (Å²) in [6.07, 6.45) is 3.97. The van der Waals surface area contributed by atoms with Crippen LogP contribution in [0.5, 0.6) is 0 Å². The van der Waals surface area contributed by atoms with Crippen LogP contribution in [-0.4, -0.2) is 40.8 Å². The molecule has 1 saturated heterocycles. The number of halogens is 1. The second-order valence-electron chi connectivity index (χ2n) is 4.42. The van der Waals surface area contributed by atoms with Gasteiger partial charge in [0.1, 0.15) is 4.83 Å². The van der Waals surface area contributed by atoms with Gasteiger partial charge < -0.3 is 9.64 Å². The first-order chi connectivity index (χ1) is 9.11. The van der Waals surface area contributed by atoms with Gasteiger partial charge >= 0.3 is 5.97 Å². The molecule has 1 aliphatic rings. The smallest absolute Gasteiger partial charge is 0.321 e. The summed E-state index contributed by atoms with van der Waals surface area (Å²) in [6.45, 7) is 2.09. The van der Waals surface area contributed by atoms with E-state index in [1.807, 2.05) is 0 Å². The maximum absolute atomic E-state index is 11.9. The number of anilines is 1. The fraction of sp³-hybridized carbons (Fsp3) is 0.583. The van der Waals surface area contributed by atoms with Crippen LogP contribution >= 0.6 is 15.9 Å². The highest BCUT2D eigenvalue weighted by molar-refractivity contribution is 9.10. The molecule has 1 atom stereocenters. The lowest BCUT2D eigenvalue weighted by Crippen LogP contribution is -2.31. The van der Waals surface area contributed by atoms with Crippen molar-refractivity contribution in [3.8, 4) is 0 Å². The fourth-order valence-electron chi connectivity index (χ4n) is 2.06. The van der Waals surface area contributed by atoms with E-state index in [0.29, 0.717) is 0 Å². The minimum atomic E-state index is -0.569. The minimum Gasteiger partial charge on any atom is -0.468 e. The predicted molar refractivity (Wildman–Crippen MR) is 74.7 cm³/mol. The van der Waals surface area contributed by atoms with E-state index in [2.05, 4.69) is 30.7 Å². The molecule has 0 aromatic carbocycles. The molecule has 0 aliphatic carbocycles. The van der Waals surface area contributed by atoms with E-state index < -0.39 is 10.8 Å². The van der Waals surface area contributed by atoms with Gasteiger partial charge in [-0.05, 0) is 12.8 Å². The summed E-state index contributed by atoms with van der Waals surface area (Å²) in [5.74, 6) is -0.419. The van der Waals surface area contributed by atoms with Crippen molar-refractivity contribution >= 4 is 27.6 Å². The summed E-state index contributed by atoms with van der Waals surface area (Å²) in [7, 11) is 1.31. The molecule has 0 radical (unpaired) electrons. The highest BCUT2D eigenvalue weighted by atomic mass is 79.9. The van der Waals surface area contributed by atoms with Crippen molar-refractivity contribution in [2.24, 2.45) is 0 Å². The van der Waals surface area contributed by atoms with Gasteiger partial charge in [0, 0.05) is 19.2 Å². The molecule has 1 aromatic rings. The monoisotopic (exact) mass is 329 g/mol. The van der Waals surface area contributed by atoms with Crippen molar-refractivity contribution in [3.63, 3.8) is 0 Å². The third-order valence-electron chi connectivity index (χ3n) is 3.12. The first-order valence-electron chi connectivity index (χ1n) is 6.16. The summed E-state index contributed by atoms with van der Waals surface area (Å²) in [4.78, 5) is 24.8. The summed E-state index contributed by atoms with van der Waals surface area (Å²) in [6, 6.07) is 1.56. The van der Waals surface area contributed by atoms with Crippen LogP contribution in [-0.2, 0) is 16.1 Å². The number of rotatable bonds is 4. The molecule has 0 spiro atoms. The van der Waals surface area contributed by atoms with Crippen LogP contribution in [0.15, 0.2) is 17.1 Å². The van der Waals surface area contributed by atoms with Crippen LogP contribution in [0.4, 0.5) is 5.69 Å². The van der Waals surface area contributed by atoms with E-state index in [4.69, 9.17) is 0 Å². The number of nitrogens with zero attached hydrogens (tertiary/aromatic N) is 3. The molecule has 1 aromatic heterocycles. The van der Waals surface area contributed by atoms with E-state index in [1.54, 1.807) is 12.3 Å². The lowest BCUT2D eigenvalue weighted by atomic mass is 10.4. The SMILES string of the molecule is COC(=O)C(Br)Cn1ncc(N2CCCC2)cc1=O. The molecule has 1 fully saturated rings.